The molecule has 0 aliphatic carbocycles. The Morgan fingerprint density at radius 3 is 1.57 bits per heavy atom. The van der Waals surface area contributed by atoms with E-state index < -0.39 is 0 Å². The van der Waals surface area contributed by atoms with E-state index in [9.17, 15) is 9.59 Å². The van der Waals surface area contributed by atoms with E-state index in [1.165, 1.54) is 12.2 Å². The number of benzene rings is 2. The molecular formula is C15H8Br2N2O2. The molecule has 0 aliphatic heterocycles. The van der Waals surface area contributed by atoms with Gasteiger partial charge in [-0.05, 0) is 41.8 Å². The molecule has 0 radical (unpaired) electrons. The maximum atomic E-state index is 10.2. The van der Waals surface area contributed by atoms with Gasteiger partial charge in [-0.3, -0.25) is 0 Å². The summed E-state index contributed by atoms with van der Waals surface area (Å²) in [5, 5.41) is 0. The smallest absolute Gasteiger partial charge is 0.211 e. The van der Waals surface area contributed by atoms with E-state index >= 15 is 0 Å². The molecule has 4 nitrogen and oxygen atoms in total. The minimum absolute atomic E-state index is 0.551. The lowest BCUT2D eigenvalue weighted by Gasteiger charge is -2.08. The zero-order valence-electron chi connectivity index (χ0n) is 10.6. The predicted molar refractivity (Wildman–Crippen MR) is 86.7 cm³/mol. The van der Waals surface area contributed by atoms with Gasteiger partial charge in [-0.1, -0.05) is 44.0 Å². The molecule has 0 amide bonds. The van der Waals surface area contributed by atoms with Gasteiger partial charge < -0.3 is 0 Å². The van der Waals surface area contributed by atoms with Crippen molar-refractivity contribution in [3.05, 3.63) is 56.5 Å². The lowest BCUT2D eigenvalue weighted by Crippen LogP contribution is -1.91. The number of aliphatic imine (C=N–C) groups is 2. The number of carbonyl (C=O) groups excluding carboxylic acids is 2. The second-order valence-electron chi connectivity index (χ2n) is 4.13. The van der Waals surface area contributed by atoms with Crippen molar-refractivity contribution in [3.8, 4) is 0 Å². The van der Waals surface area contributed by atoms with Crippen molar-refractivity contribution >= 4 is 55.4 Å². The molecular weight excluding hydrogens is 400 g/mol. The van der Waals surface area contributed by atoms with E-state index in [2.05, 4.69) is 41.8 Å². The number of rotatable bonds is 4. The minimum atomic E-state index is 0.551. The first-order valence-corrected chi connectivity index (χ1v) is 7.45. The Kier molecular flexibility index (Phi) is 5.37. The Balaban J connectivity index is 2.29. The van der Waals surface area contributed by atoms with Crippen LogP contribution in [0.5, 0.6) is 0 Å². The Morgan fingerprint density at radius 1 is 0.810 bits per heavy atom. The highest BCUT2D eigenvalue weighted by atomic mass is 79.9. The fraction of sp³-hybridized carbons (Fsp3) is 0.0667. The maximum Gasteiger partial charge on any atom is 0.240 e. The van der Waals surface area contributed by atoms with Crippen molar-refractivity contribution in [2.45, 2.75) is 6.42 Å². The molecule has 0 fully saturated rings. The van der Waals surface area contributed by atoms with Gasteiger partial charge in [0.25, 0.3) is 0 Å². The van der Waals surface area contributed by atoms with Gasteiger partial charge >= 0.3 is 0 Å². The summed E-state index contributed by atoms with van der Waals surface area (Å²) in [5.74, 6) is 0. The van der Waals surface area contributed by atoms with Crippen LogP contribution in [-0.2, 0) is 16.0 Å². The van der Waals surface area contributed by atoms with Gasteiger partial charge in [-0.2, -0.15) is 9.98 Å². The highest BCUT2D eigenvalue weighted by Gasteiger charge is 2.06. The molecule has 0 aliphatic rings. The molecule has 2 aromatic carbocycles. The number of halogens is 2. The normalized spacial score (nSPS) is 9.62. The Morgan fingerprint density at radius 2 is 1.24 bits per heavy atom. The van der Waals surface area contributed by atoms with E-state index in [4.69, 9.17) is 0 Å². The first-order valence-electron chi connectivity index (χ1n) is 5.86. The molecule has 2 aromatic rings. The highest BCUT2D eigenvalue weighted by Crippen LogP contribution is 2.29. The summed E-state index contributed by atoms with van der Waals surface area (Å²) < 4.78 is 1.72. The van der Waals surface area contributed by atoms with Gasteiger partial charge in [-0.15, -0.1) is 0 Å². The number of nitrogens with zero attached hydrogens (tertiary/aromatic N) is 2. The van der Waals surface area contributed by atoms with Gasteiger partial charge in [0, 0.05) is 8.95 Å². The first kappa shape index (κ1) is 15.5. The fourth-order valence-corrected chi connectivity index (χ4v) is 2.82. The number of hydrogen-bond acceptors (Lipinski definition) is 4. The van der Waals surface area contributed by atoms with Crippen LogP contribution in [0.4, 0.5) is 11.4 Å². The summed E-state index contributed by atoms with van der Waals surface area (Å²) in [7, 11) is 0. The van der Waals surface area contributed by atoms with Gasteiger partial charge in [-0.25, -0.2) is 9.59 Å². The monoisotopic (exact) mass is 406 g/mol. The van der Waals surface area contributed by atoms with E-state index in [0.717, 1.165) is 20.1 Å². The molecule has 0 atom stereocenters. The van der Waals surface area contributed by atoms with E-state index in [1.54, 1.807) is 24.3 Å². The van der Waals surface area contributed by atoms with Crippen molar-refractivity contribution in [2.75, 3.05) is 0 Å². The van der Waals surface area contributed by atoms with Crippen LogP contribution in [0.2, 0.25) is 0 Å². The van der Waals surface area contributed by atoms with E-state index in [0.29, 0.717) is 17.8 Å². The third-order valence-electron chi connectivity index (χ3n) is 2.80. The van der Waals surface area contributed by atoms with Crippen LogP contribution >= 0.6 is 31.9 Å². The molecule has 6 heteroatoms. The highest BCUT2D eigenvalue weighted by molar-refractivity contribution is 9.10. The second-order valence-corrected chi connectivity index (χ2v) is 5.84. The Bertz CT molecular complexity index is 712. The molecule has 2 rings (SSSR count). The molecule has 0 aromatic heterocycles. The summed E-state index contributed by atoms with van der Waals surface area (Å²) in [6.07, 6.45) is 3.70. The minimum Gasteiger partial charge on any atom is -0.211 e. The molecule has 104 valence electrons. The summed E-state index contributed by atoms with van der Waals surface area (Å²) in [5.41, 5.74) is 3.20. The molecule has 0 N–H and O–H groups in total. The summed E-state index contributed by atoms with van der Waals surface area (Å²) in [6, 6.07) is 10.8. The third kappa shape index (κ3) is 4.06. The molecule has 0 bridgehead atoms. The van der Waals surface area contributed by atoms with Crippen molar-refractivity contribution in [1.82, 2.24) is 0 Å². The van der Waals surface area contributed by atoms with Crippen LogP contribution in [0.15, 0.2) is 55.3 Å². The van der Waals surface area contributed by atoms with Gasteiger partial charge in [0.1, 0.15) is 0 Å². The zero-order chi connectivity index (χ0) is 15.2. The lowest BCUT2D eigenvalue weighted by atomic mass is 10.0. The second kappa shape index (κ2) is 7.25. The Hall–Kier alpha value is -1.84. The Labute approximate surface area is 137 Å². The molecule has 0 saturated carbocycles. The van der Waals surface area contributed by atoms with Crippen LogP contribution in [0.25, 0.3) is 0 Å². The quantitative estimate of drug-likeness (QED) is 0.543. The standard InChI is InChI=1S/C15H8Br2N2O2/c16-14-6-12(18-8-20)3-1-10(14)5-11-2-4-13(19-9-21)7-15(11)17/h1-4,6-7H,5H2. The van der Waals surface area contributed by atoms with E-state index in [1.807, 2.05) is 12.1 Å². The number of hydrogen-bond donors (Lipinski definition) is 0. The van der Waals surface area contributed by atoms with Crippen molar-refractivity contribution in [1.29, 1.82) is 0 Å². The van der Waals surface area contributed by atoms with Gasteiger partial charge in [0.05, 0.1) is 11.4 Å². The average molecular weight is 408 g/mol. The summed E-state index contributed by atoms with van der Waals surface area (Å²) >= 11 is 6.93. The fourth-order valence-electron chi connectivity index (χ4n) is 1.81. The topological polar surface area (TPSA) is 58.9 Å². The lowest BCUT2D eigenvalue weighted by molar-refractivity contribution is 0.564. The van der Waals surface area contributed by atoms with Crippen molar-refractivity contribution in [2.24, 2.45) is 9.98 Å². The summed E-state index contributed by atoms with van der Waals surface area (Å²) in [6.45, 7) is 0. The number of isocyanates is 2. The maximum absolute atomic E-state index is 10.2. The van der Waals surface area contributed by atoms with Gasteiger partial charge in [0.2, 0.25) is 12.2 Å². The average Bonchev–Trinajstić information content (AvgIpc) is 2.45. The van der Waals surface area contributed by atoms with E-state index in [-0.39, 0.29) is 0 Å². The van der Waals surface area contributed by atoms with Crippen molar-refractivity contribution in [3.63, 3.8) is 0 Å². The molecule has 0 unspecified atom stereocenters. The molecule has 0 heterocycles. The van der Waals surface area contributed by atoms with Crippen molar-refractivity contribution < 1.29 is 9.59 Å². The zero-order valence-corrected chi connectivity index (χ0v) is 13.8. The van der Waals surface area contributed by atoms with Crippen LogP contribution in [-0.4, -0.2) is 12.2 Å². The molecule has 21 heavy (non-hydrogen) atoms. The van der Waals surface area contributed by atoms with Crippen LogP contribution in [0.3, 0.4) is 0 Å². The predicted octanol–water partition coefficient (Wildman–Crippen LogP) is 4.74. The third-order valence-corrected chi connectivity index (χ3v) is 4.28. The SMILES string of the molecule is O=C=Nc1ccc(Cc2ccc(N=C=O)cc2Br)c(Br)c1. The molecule has 0 spiro atoms. The van der Waals surface area contributed by atoms with Crippen LogP contribution in [0.1, 0.15) is 11.1 Å². The summed E-state index contributed by atoms with van der Waals surface area (Å²) in [4.78, 5) is 27.6. The first-order chi connectivity index (χ1) is 10.1. The van der Waals surface area contributed by atoms with Crippen LogP contribution in [0, 0.1) is 0 Å². The largest absolute Gasteiger partial charge is 0.240 e. The van der Waals surface area contributed by atoms with Gasteiger partial charge in [0.15, 0.2) is 0 Å². The molecule has 0 saturated heterocycles. The van der Waals surface area contributed by atoms with Crippen LogP contribution < -0.4 is 0 Å².